The fourth-order valence-electron chi connectivity index (χ4n) is 2.56. The molecule has 2 rings (SSSR count). The molecule has 0 aromatic rings. The lowest BCUT2D eigenvalue weighted by molar-refractivity contribution is 0.129. The van der Waals surface area contributed by atoms with Crippen LogP contribution < -0.4 is 5.32 Å². The Kier molecular flexibility index (Phi) is 6.41. The van der Waals surface area contributed by atoms with Crippen molar-refractivity contribution in [3.05, 3.63) is 0 Å². The minimum absolute atomic E-state index is 0.868. The Balaban J connectivity index is 1.43. The second-order valence-electron chi connectivity index (χ2n) is 5.68. The normalized spacial score (nSPS) is 22.5. The zero-order valence-corrected chi connectivity index (χ0v) is 11.9. The van der Waals surface area contributed by atoms with Gasteiger partial charge in [-0.15, -0.1) is 0 Å². The van der Waals surface area contributed by atoms with Crippen LogP contribution >= 0.6 is 0 Å². The van der Waals surface area contributed by atoms with E-state index in [1.807, 2.05) is 0 Å². The molecule has 0 unspecified atom stereocenters. The second kappa shape index (κ2) is 8.10. The summed E-state index contributed by atoms with van der Waals surface area (Å²) in [6.45, 7) is 10.7. The van der Waals surface area contributed by atoms with Gasteiger partial charge in [0, 0.05) is 59.5 Å². The van der Waals surface area contributed by atoms with E-state index < -0.39 is 0 Å². The highest BCUT2D eigenvalue weighted by molar-refractivity contribution is 4.80. The zero-order valence-electron chi connectivity index (χ0n) is 11.9. The molecular formula is C14H29N3O. The van der Waals surface area contributed by atoms with Crippen molar-refractivity contribution in [2.45, 2.75) is 19.3 Å². The van der Waals surface area contributed by atoms with E-state index in [0.29, 0.717) is 0 Å². The van der Waals surface area contributed by atoms with Gasteiger partial charge in [-0.25, -0.2) is 0 Å². The van der Waals surface area contributed by atoms with Crippen LogP contribution in [0.5, 0.6) is 0 Å². The molecule has 0 radical (unpaired) electrons. The van der Waals surface area contributed by atoms with E-state index in [1.54, 1.807) is 7.11 Å². The van der Waals surface area contributed by atoms with Gasteiger partial charge < -0.3 is 15.0 Å². The van der Waals surface area contributed by atoms with Crippen LogP contribution in [-0.4, -0.2) is 75.9 Å². The minimum atomic E-state index is 0.868. The van der Waals surface area contributed by atoms with Crippen molar-refractivity contribution in [2.24, 2.45) is 5.92 Å². The summed E-state index contributed by atoms with van der Waals surface area (Å²) in [5, 5.41) is 3.49. The van der Waals surface area contributed by atoms with Gasteiger partial charge in [-0.1, -0.05) is 0 Å². The number of piperazine rings is 1. The third-order valence-corrected chi connectivity index (χ3v) is 3.99. The van der Waals surface area contributed by atoms with E-state index in [1.165, 1.54) is 52.1 Å². The van der Waals surface area contributed by atoms with Crippen LogP contribution in [0.25, 0.3) is 0 Å². The molecule has 0 spiro atoms. The van der Waals surface area contributed by atoms with E-state index in [9.17, 15) is 0 Å². The predicted octanol–water partition coefficient (Wildman–Crippen LogP) is 0.640. The molecule has 18 heavy (non-hydrogen) atoms. The summed E-state index contributed by atoms with van der Waals surface area (Å²) in [4.78, 5) is 5.24. The second-order valence-corrected chi connectivity index (χ2v) is 5.68. The van der Waals surface area contributed by atoms with Crippen molar-refractivity contribution < 1.29 is 4.74 Å². The van der Waals surface area contributed by atoms with Crippen molar-refractivity contribution in [3.8, 4) is 0 Å². The molecule has 0 aromatic heterocycles. The standard InChI is InChI=1S/C14H29N3O/c1-18-12-2-5-15-6-7-16-8-10-17(11-9-16)13-14-3-4-14/h14-15H,2-13H2,1H3. The zero-order chi connectivity index (χ0) is 12.6. The van der Waals surface area contributed by atoms with Gasteiger partial charge in [0.15, 0.2) is 0 Å². The Morgan fingerprint density at radius 3 is 2.44 bits per heavy atom. The molecule has 0 atom stereocenters. The highest BCUT2D eigenvalue weighted by atomic mass is 16.5. The van der Waals surface area contributed by atoms with Crippen molar-refractivity contribution in [1.29, 1.82) is 0 Å². The molecule has 1 heterocycles. The minimum Gasteiger partial charge on any atom is -0.385 e. The molecule has 2 fully saturated rings. The molecule has 1 aliphatic heterocycles. The summed E-state index contributed by atoms with van der Waals surface area (Å²) < 4.78 is 5.03. The number of hydrogen-bond acceptors (Lipinski definition) is 4. The topological polar surface area (TPSA) is 27.7 Å². The number of nitrogens with one attached hydrogen (secondary N) is 1. The fraction of sp³-hybridized carbons (Fsp3) is 1.00. The molecule has 1 N–H and O–H groups in total. The Bertz CT molecular complexity index is 213. The Morgan fingerprint density at radius 1 is 1.06 bits per heavy atom. The fourth-order valence-corrected chi connectivity index (χ4v) is 2.56. The maximum atomic E-state index is 5.03. The quantitative estimate of drug-likeness (QED) is 0.612. The van der Waals surface area contributed by atoms with E-state index >= 15 is 0 Å². The third kappa shape index (κ3) is 5.65. The molecule has 1 saturated heterocycles. The lowest BCUT2D eigenvalue weighted by Crippen LogP contribution is -2.48. The van der Waals surface area contributed by atoms with E-state index in [4.69, 9.17) is 4.74 Å². The van der Waals surface area contributed by atoms with Crippen LogP contribution in [0.4, 0.5) is 0 Å². The van der Waals surface area contributed by atoms with Gasteiger partial charge in [0.25, 0.3) is 0 Å². The highest BCUT2D eigenvalue weighted by Gasteiger charge is 2.26. The van der Waals surface area contributed by atoms with Crippen LogP contribution in [0.15, 0.2) is 0 Å². The number of ether oxygens (including phenoxy) is 1. The van der Waals surface area contributed by atoms with Crippen molar-refractivity contribution >= 4 is 0 Å². The third-order valence-electron chi connectivity index (χ3n) is 3.99. The Morgan fingerprint density at radius 2 is 1.78 bits per heavy atom. The highest BCUT2D eigenvalue weighted by Crippen LogP contribution is 2.29. The monoisotopic (exact) mass is 255 g/mol. The van der Waals surface area contributed by atoms with Gasteiger partial charge in [-0.2, -0.15) is 0 Å². The van der Waals surface area contributed by atoms with Crippen molar-refractivity contribution in [1.82, 2.24) is 15.1 Å². The van der Waals surface area contributed by atoms with Gasteiger partial charge in [-0.3, -0.25) is 4.90 Å². The van der Waals surface area contributed by atoms with Crippen LogP contribution in [0, 0.1) is 5.92 Å². The summed E-state index contributed by atoms with van der Waals surface area (Å²) in [5.41, 5.74) is 0. The molecule has 1 saturated carbocycles. The summed E-state index contributed by atoms with van der Waals surface area (Å²) in [5.74, 6) is 1.04. The first kappa shape index (κ1) is 14.3. The lowest BCUT2D eigenvalue weighted by Gasteiger charge is -2.34. The SMILES string of the molecule is COCCCNCCN1CCN(CC2CC2)CC1. The first-order chi connectivity index (χ1) is 8.88. The Labute approximate surface area is 112 Å². The molecule has 2 aliphatic rings. The average Bonchev–Trinajstić information content (AvgIpc) is 3.20. The maximum absolute atomic E-state index is 5.03. The van der Waals surface area contributed by atoms with Crippen molar-refractivity contribution in [2.75, 3.05) is 66.1 Å². The average molecular weight is 255 g/mol. The Hall–Kier alpha value is -0.160. The molecule has 0 amide bonds. The molecule has 0 aromatic carbocycles. The van der Waals surface area contributed by atoms with Gasteiger partial charge >= 0.3 is 0 Å². The lowest BCUT2D eigenvalue weighted by atomic mass is 10.3. The van der Waals surface area contributed by atoms with Crippen molar-refractivity contribution in [3.63, 3.8) is 0 Å². The summed E-state index contributed by atoms with van der Waals surface area (Å²) in [6.07, 6.45) is 4.07. The molecule has 0 bridgehead atoms. The smallest absolute Gasteiger partial charge is 0.0474 e. The number of rotatable bonds is 9. The van der Waals surface area contributed by atoms with E-state index in [-0.39, 0.29) is 0 Å². The molecular weight excluding hydrogens is 226 g/mol. The number of nitrogens with zero attached hydrogens (tertiary/aromatic N) is 2. The maximum Gasteiger partial charge on any atom is 0.0474 e. The summed E-state index contributed by atoms with van der Waals surface area (Å²) in [6, 6.07) is 0. The molecule has 4 nitrogen and oxygen atoms in total. The van der Waals surface area contributed by atoms with Crippen LogP contribution in [-0.2, 0) is 4.74 Å². The number of hydrogen-bond donors (Lipinski definition) is 1. The van der Waals surface area contributed by atoms with Gasteiger partial charge in [0.2, 0.25) is 0 Å². The largest absolute Gasteiger partial charge is 0.385 e. The summed E-state index contributed by atoms with van der Waals surface area (Å²) in [7, 11) is 1.77. The summed E-state index contributed by atoms with van der Waals surface area (Å²) >= 11 is 0. The van der Waals surface area contributed by atoms with Crippen LogP contribution in [0.1, 0.15) is 19.3 Å². The van der Waals surface area contributed by atoms with Gasteiger partial charge in [-0.05, 0) is 31.7 Å². The van der Waals surface area contributed by atoms with E-state index in [0.717, 1.165) is 32.0 Å². The van der Waals surface area contributed by atoms with Gasteiger partial charge in [0.05, 0.1) is 0 Å². The molecule has 106 valence electrons. The molecule has 1 aliphatic carbocycles. The first-order valence-corrected chi connectivity index (χ1v) is 7.53. The van der Waals surface area contributed by atoms with Crippen LogP contribution in [0.2, 0.25) is 0 Å². The number of methoxy groups -OCH3 is 1. The molecule has 4 heteroatoms. The van der Waals surface area contributed by atoms with Gasteiger partial charge in [0.1, 0.15) is 0 Å². The first-order valence-electron chi connectivity index (χ1n) is 7.53. The van der Waals surface area contributed by atoms with Crippen LogP contribution in [0.3, 0.4) is 0 Å². The van der Waals surface area contributed by atoms with E-state index in [2.05, 4.69) is 15.1 Å². The predicted molar refractivity (Wildman–Crippen MR) is 75.0 cm³/mol.